The van der Waals surface area contributed by atoms with Gasteiger partial charge in [-0.1, -0.05) is 12.1 Å². The van der Waals surface area contributed by atoms with Crippen LogP contribution in [0, 0.1) is 0 Å². The normalized spacial score (nSPS) is 15.4. The van der Waals surface area contributed by atoms with Gasteiger partial charge in [0.1, 0.15) is 5.82 Å². The number of hydrogen-bond donors (Lipinski definition) is 0. The molecule has 0 spiro atoms. The van der Waals surface area contributed by atoms with Crippen LogP contribution in [-0.2, 0) is 0 Å². The van der Waals surface area contributed by atoms with Gasteiger partial charge in [-0.15, -0.1) is 0 Å². The zero-order valence-electron chi connectivity index (χ0n) is 13.0. The average molecular weight is 284 g/mol. The van der Waals surface area contributed by atoms with Crippen molar-refractivity contribution >= 4 is 22.7 Å². The van der Waals surface area contributed by atoms with Crippen molar-refractivity contribution in [1.29, 1.82) is 0 Å². The van der Waals surface area contributed by atoms with E-state index in [4.69, 9.17) is 9.97 Å². The van der Waals surface area contributed by atoms with E-state index in [-0.39, 0.29) is 0 Å². The SMILES string of the molecule is CCN(CC)c1nc(N2CCCCC2)nc2ccccc12. The highest BCUT2D eigenvalue weighted by Gasteiger charge is 2.17. The zero-order valence-corrected chi connectivity index (χ0v) is 13.0. The lowest BCUT2D eigenvalue weighted by atomic mass is 10.1. The van der Waals surface area contributed by atoms with E-state index in [0.29, 0.717) is 0 Å². The molecule has 1 saturated heterocycles. The van der Waals surface area contributed by atoms with Crippen LogP contribution < -0.4 is 9.80 Å². The quantitative estimate of drug-likeness (QED) is 0.860. The number of nitrogens with zero attached hydrogens (tertiary/aromatic N) is 4. The van der Waals surface area contributed by atoms with Gasteiger partial charge in [0, 0.05) is 31.6 Å². The van der Waals surface area contributed by atoms with Crippen molar-refractivity contribution < 1.29 is 0 Å². The molecule has 1 aliphatic heterocycles. The van der Waals surface area contributed by atoms with Crippen molar-refractivity contribution in [2.24, 2.45) is 0 Å². The molecule has 0 aliphatic carbocycles. The monoisotopic (exact) mass is 284 g/mol. The molecule has 0 radical (unpaired) electrons. The predicted molar refractivity (Wildman–Crippen MR) is 89.2 cm³/mol. The van der Waals surface area contributed by atoms with Gasteiger partial charge in [-0.05, 0) is 45.2 Å². The summed E-state index contributed by atoms with van der Waals surface area (Å²) in [6.45, 7) is 8.46. The highest BCUT2D eigenvalue weighted by atomic mass is 15.3. The fraction of sp³-hybridized carbons (Fsp3) is 0.529. The number of rotatable bonds is 4. The third-order valence-corrected chi connectivity index (χ3v) is 4.27. The Hall–Kier alpha value is -1.84. The van der Waals surface area contributed by atoms with Crippen molar-refractivity contribution in [2.75, 3.05) is 36.0 Å². The lowest BCUT2D eigenvalue weighted by molar-refractivity contribution is 0.568. The summed E-state index contributed by atoms with van der Waals surface area (Å²) >= 11 is 0. The topological polar surface area (TPSA) is 32.3 Å². The maximum absolute atomic E-state index is 4.91. The molecule has 4 nitrogen and oxygen atoms in total. The Labute approximate surface area is 126 Å². The van der Waals surface area contributed by atoms with Gasteiger partial charge in [0.15, 0.2) is 0 Å². The third kappa shape index (κ3) is 2.80. The second-order valence-corrected chi connectivity index (χ2v) is 5.58. The van der Waals surface area contributed by atoms with E-state index in [1.807, 2.05) is 0 Å². The molecule has 3 rings (SSSR count). The molecule has 4 heteroatoms. The molecule has 0 bridgehead atoms. The fourth-order valence-electron chi connectivity index (χ4n) is 3.05. The number of aromatic nitrogens is 2. The van der Waals surface area contributed by atoms with Crippen molar-refractivity contribution in [1.82, 2.24) is 9.97 Å². The van der Waals surface area contributed by atoms with Crippen LogP contribution in [0.2, 0.25) is 0 Å². The first kappa shape index (κ1) is 14.1. The Morgan fingerprint density at radius 1 is 1.00 bits per heavy atom. The Bertz CT molecular complexity index is 601. The molecule has 1 aromatic heterocycles. The second-order valence-electron chi connectivity index (χ2n) is 5.58. The van der Waals surface area contributed by atoms with E-state index in [0.717, 1.165) is 48.8 Å². The molecule has 0 unspecified atom stereocenters. The van der Waals surface area contributed by atoms with Crippen LogP contribution in [-0.4, -0.2) is 36.1 Å². The summed E-state index contributed by atoms with van der Waals surface area (Å²) in [5.41, 5.74) is 1.05. The van der Waals surface area contributed by atoms with Gasteiger partial charge < -0.3 is 9.80 Å². The molecule has 2 aromatic rings. The van der Waals surface area contributed by atoms with E-state index >= 15 is 0 Å². The van der Waals surface area contributed by atoms with Gasteiger partial charge in [-0.2, -0.15) is 4.98 Å². The van der Waals surface area contributed by atoms with Gasteiger partial charge in [0.2, 0.25) is 5.95 Å². The Balaban J connectivity index is 2.09. The molecule has 1 aliphatic rings. The van der Waals surface area contributed by atoms with Crippen LogP contribution in [0.1, 0.15) is 33.1 Å². The minimum absolute atomic E-state index is 0.898. The van der Waals surface area contributed by atoms with E-state index in [9.17, 15) is 0 Å². The van der Waals surface area contributed by atoms with Crippen molar-refractivity contribution in [2.45, 2.75) is 33.1 Å². The molecule has 0 saturated carbocycles. The predicted octanol–water partition coefficient (Wildman–Crippen LogP) is 3.47. The smallest absolute Gasteiger partial charge is 0.227 e. The van der Waals surface area contributed by atoms with Crippen molar-refractivity contribution in [3.05, 3.63) is 24.3 Å². The van der Waals surface area contributed by atoms with E-state index in [2.05, 4.69) is 47.9 Å². The Morgan fingerprint density at radius 2 is 1.71 bits per heavy atom. The average Bonchev–Trinajstić information content (AvgIpc) is 2.56. The van der Waals surface area contributed by atoms with Crippen molar-refractivity contribution in [3.8, 4) is 0 Å². The van der Waals surface area contributed by atoms with E-state index in [1.54, 1.807) is 0 Å². The summed E-state index contributed by atoms with van der Waals surface area (Å²) in [4.78, 5) is 14.4. The van der Waals surface area contributed by atoms with Crippen LogP contribution in [0.25, 0.3) is 10.9 Å². The molecule has 0 N–H and O–H groups in total. The highest BCUT2D eigenvalue weighted by molar-refractivity contribution is 5.90. The zero-order chi connectivity index (χ0) is 14.7. The second kappa shape index (κ2) is 6.29. The summed E-state index contributed by atoms with van der Waals surface area (Å²) in [6, 6.07) is 8.35. The molecule has 1 aromatic carbocycles. The number of anilines is 2. The lowest BCUT2D eigenvalue weighted by Gasteiger charge is -2.29. The Morgan fingerprint density at radius 3 is 2.43 bits per heavy atom. The summed E-state index contributed by atoms with van der Waals surface area (Å²) < 4.78 is 0. The number of piperidine rings is 1. The molecule has 1 fully saturated rings. The maximum atomic E-state index is 4.91. The number of benzene rings is 1. The van der Waals surface area contributed by atoms with Crippen LogP contribution >= 0.6 is 0 Å². The van der Waals surface area contributed by atoms with Gasteiger partial charge in [0.05, 0.1) is 5.52 Å². The number of para-hydroxylation sites is 1. The molecular weight excluding hydrogens is 260 g/mol. The summed E-state index contributed by atoms with van der Waals surface area (Å²) in [5.74, 6) is 1.97. The van der Waals surface area contributed by atoms with Crippen LogP contribution in [0.4, 0.5) is 11.8 Å². The molecule has 0 atom stereocenters. The minimum Gasteiger partial charge on any atom is -0.356 e. The van der Waals surface area contributed by atoms with Crippen LogP contribution in [0.15, 0.2) is 24.3 Å². The molecular formula is C17H24N4. The molecule has 21 heavy (non-hydrogen) atoms. The molecule has 112 valence electrons. The van der Waals surface area contributed by atoms with Gasteiger partial charge in [-0.3, -0.25) is 0 Å². The number of fused-ring (bicyclic) bond motifs is 1. The summed E-state index contributed by atoms with van der Waals surface area (Å²) in [6.07, 6.45) is 3.82. The van der Waals surface area contributed by atoms with Crippen molar-refractivity contribution in [3.63, 3.8) is 0 Å². The van der Waals surface area contributed by atoms with Gasteiger partial charge in [0.25, 0.3) is 0 Å². The summed E-state index contributed by atoms with van der Waals surface area (Å²) in [5, 5.41) is 1.15. The number of hydrogen-bond acceptors (Lipinski definition) is 4. The minimum atomic E-state index is 0.898. The van der Waals surface area contributed by atoms with Gasteiger partial charge >= 0.3 is 0 Å². The standard InChI is InChI=1S/C17H24N4/c1-3-20(4-2)16-14-10-6-7-11-15(14)18-17(19-16)21-12-8-5-9-13-21/h6-7,10-11H,3-5,8-9,12-13H2,1-2H3. The third-order valence-electron chi connectivity index (χ3n) is 4.27. The molecule has 0 amide bonds. The van der Waals surface area contributed by atoms with Gasteiger partial charge in [-0.25, -0.2) is 4.98 Å². The Kier molecular flexibility index (Phi) is 4.23. The first-order valence-electron chi connectivity index (χ1n) is 8.10. The largest absolute Gasteiger partial charge is 0.356 e. The first-order valence-corrected chi connectivity index (χ1v) is 8.10. The molecule has 2 heterocycles. The highest BCUT2D eigenvalue weighted by Crippen LogP contribution is 2.27. The summed E-state index contributed by atoms with van der Waals surface area (Å²) in [7, 11) is 0. The first-order chi connectivity index (χ1) is 10.3. The lowest BCUT2D eigenvalue weighted by Crippen LogP contribution is -2.32. The van der Waals surface area contributed by atoms with E-state index in [1.165, 1.54) is 19.3 Å². The van der Waals surface area contributed by atoms with Crippen LogP contribution in [0.5, 0.6) is 0 Å². The van der Waals surface area contributed by atoms with E-state index < -0.39 is 0 Å². The maximum Gasteiger partial charge on any atom is 0.227 e. The van der Waals surface area contributed by atoms with Crippen LogP contribution in [0.3, 0.4) is 0 Å². The fourth-order valence-corrected chi connectivity index (χ4v) is 3.05.